The number of hydrogen-bond donors (Lipinski definition) is 1. The summed E-state index contributed by atoms with van der Waals surface area (Å²) in [7, 11) is 0. The topological polar surface area (TPSA) is 93.7 Å². The maximum atomic E-state index is 12.7. The van der Waals surface area contributed by atoms with Crippen LogP contribution in [0.15, 0.2) is 83.2 Å². The normalized spacial score (nSPS) is 14.4. The highest BCUT2D eigenvalue weighted by Gasteiger charge is 2.25. The minimum Gasteiger partial charge on any atom is -0.357 e. The fraction of sp³-hybridized carbons (Fsp3) is 0.208. The first-order chi connectivity index (χ1) is 15.2. The largest absolute Gasteiger partial charge is 0.357 e. The van der Waals surface area contributed by atoms with Gasteiger partial charge in [-0.15, -0.1) is 0 Å². The Morgan fingerprint density at radius 3 is 2.26 bits per heavy atom. The van der Waals surface area contributed by atoms with Gasteiger partial charge < -0.3 is 10.2 Å². The maximum Gasteiger partial charge on any atom is 0.227 e. The third-order valence-electron chi connectivity index (χ3n) is 5.24. The molecule has 0 aliphatic carbocycles. The molecular formula is C24H22N6O. The van der Waals surface area contributed by atoms with Gasteiger partial charge >= 0.3 is 0 Å². The van der Waals surface area contributed by atoms with Gasteiger partial charge in [0.15, 0.2) is 0 Å². The zero-order chi connectivity index (χ0) is 21.5. The van der Waals surface area contributed by atoms with E-state index in [1.54, 1.807) is 12.3 Å². The summed E-state index contributed by atoms with van der Waals surface area (Å²) in [5, 5.41) is 20.3. The quantitative estimate of drug-likeness (QED) is 0.583. The number of nitriles is 1. The first-order valence-corrected chi connectivity index (χ1v) is 10.2. The Labute approximate surface area is 181 Å². The third-order valence-corrected chi connectivity index (χ3v) is 5.24. The van der Waals surface area contributed by atoms with E-state index in [4.69, 9.17) is 5.26 Å². The second kappa shape index (κ2) is 9.63. The van der Waals surface area contributed by atoms with E-state index in [0.717, 1.165) is 48.8 Å². The number of carbonyl (C=O) groups excluding carboxylic acids is 1. The summed E-state index contributed by atoms with van der Waals surface area (Å²) < 4.78 is 0. The van der Waals surface area contributed by atoms with Gasteiger partial charge in [-0.2, -0.15) is 15.5 Å². The van der Waals surface area contributed by atoms with Crippen molar-refractivity contribution in [1.82, 2.24) is 4.98 Å². The number of aromatic nitrogens is 1. The molecule has 1 aliphatic heterocycles. The fourth-order valence-corrected chi connectivity index (χ4v) is 3.48. The zero-order valence-electron chi connectivity index (χ0n) is 17.0. The minimum atomic E-state index is -0.0351. The number of nitrogens with one attached hydrogen (secondary N) is 1. The maximum absolute atomic E-state index is 12.7. The number of carbonyl (C=O) groups is 1. The third kappa shape index (κ3) is 5.31. The standard InChI is InChI=1S/C24H22N6O/c25-16-18-6-11-23(26-17-18)30-14-12-19(13-15-30)24(31)27-20-7-9-22(10-8-20)29-28-21-4-2-1-3-5-21/h1-11,17,19H,12-15H2,(H,27,31). The van der Waals surface area contributed by atoms with Crippen LogP contribution in [0.5, 0.6) is 0 Å². The summed E-state index contributed by atoms with van der Waals surface area (Å²) in [6.45, 7) is 1.52. The van der Waals surface area contributed by atoms with Crippen LogP contribution in [-0.4, -0.2) is 24.0 Å². The average Bonchev–Trinajstić information content (AvgIpc) is 2.84. The molecule has 1 saturated heterocycles. The van der Waals surface area contributed by atoms with Crippen LogP contribution in [0.4, 0.5) is 22.9 Å². The molecule has 0 unspecified atom stereocenters. The Balaban J connectivity index is 1.28. The van der Waals surface area contributed by atoms with E-state index in [1.807, 2.05) is 60.7 Å². The van der Waals surface area contributed by atoms with Gasteiger partial charge in [0.25, 0.3) is 0 Å². The van der Waals surface area contributed by atoms with Crippen molar-refractivity contribution in [2.75, 3.05) is 23.3 Å². The highest BCUT2D eigenvalue weighted by molar-refractivity contribution is 5.92. The van der Waals surface area contributed by atoms with E-state index in [2.05, 4.69) is 31.5 Å². The Morgan fingerprint density at radius 1 is 0.968 bits per heavy atom. The Hall–Kier alpha value is -4.05. The summed E-state index contributed by atoms with van der Waals surface area (Å²) in [6.07, 6.45) is 3.10. The first-order valence-electron chi connectivity index (χ1n) is 10.2. The molecule has 31 heavy (non-hydrogen) atoms. The summed E-state index contributed by atoms with van der Waals surface area (Å²) in [5.41, 5.74) is 2.82. The lowest BCUT2D eigenvalue weighted by molar-refractivity contribution is -0.120. The molecule has 0 radical (unpaired) electrons. The van der Waals surface area contributed by atoms with Crippen molar-refractivity contribution in [2.24, 2.45) is 16.1 Å². The van der Waals surface area contributed by atoms with Gasteiger partial charge in [-0.25, -0.2) is 4.98 Å². The number of nitrogens with zero attached hydrogens (tertiary/aromatic N) is 5. The lowest BCUT2D eigenvalue weighted by Gasteiger charge is -2.32. The predicted molar refractivity (Wildman–Crippen MR) is 120 cm³/mol. The highest BCUT2D eigenvalue weighted by atomic mass is 16.1. The molecule has 0 saturated carbocycles. The number of anilines is 2. The van der Waals surface area contributed by atoms with E-state index in [0.29, 0.717) is 5.56 Å². The number of piperidine rings is 1. The van der Waals surface area contributed by atoms with Crippen LogP contribution in [-0.2, 0) is 4.79 Å². The molecule has 154 valence electrons. The van der Waals surface area contributed by atoms with Crippen molar-refractivity contribution in [3.63, 3.8) is 0 Å². The molecule has 0 bridgehead atoms. The summed E-state index contributed by atoms with van der Waals surface area (Å²) in [4.78, 5) is 19.2. The second-order valence-electron chi connectivity index (χ2n) is 7.35. The van der Waals surface area contributed by atoms with Crippen LogP contribution in [0.1, 0.15) is 18.4 Å². The van der Waals surface area contributed by atoms with Gasteiger partial charge in [-0.1, -0.05) is 18.2 Å². The van der Waals surface area contributed by atoms with E-state index >= 15 is 0 Å². The van der Waals surface area contributed by atoms with Crippen LogP contribution in [0.3, 0.4) is 0 Å². The van der Waals surface area contributed by atoms with Crippen molar-refractivity contribution >= 4 is 28.8 Å². The van der Waals surface area contributed by atoms with Crippen molar-refractivity contribution in [1.29, 1.82) is 5.26 Å². The molecule has 0 spiro atoms. The lowest BCUT2D eigenvalue weighted by atomic mass is 9.95. The monoisotopic (exact) mass is 410 g/mol. The summed E-state index contributed by atoms with van der Waals surface area (Å²) in [5.74, 6) is 0.844. The van der Waals surface area contributed by atoms with Crippen molar-refractivity contribution < 1.29 is 4.79 Å². The van der Waals surface area contributed by atoms with Gasteiger partial charge in [0.05, 0.1) is 16.9 Å². The SMILES string of the molecule is N#Cc1ccc(N2CCC(C(=O)Nc3ccc(N=Nc4ccccc4)cc3)CC2)nc1. The molecule has 1 N–H and O–H groups in total. The number of benzene rings is 2. The van der Waals surface area contributed by atoms with Crippen LogP contribution >= 0.6 is 0 Å². The first kappa shape index (κ1) is 20.2. The van der Waals surface area contributed by atoms with Gasteiger partial charge in [0, 0.05) is 30.9 Å². The molecule has 2 aromatic carbocycles. The van der Waals surface area contributed by atoms with Crippen molar-refractivity contribution in [2.45, 2.75) is 12.8 Å². The van der Waals surface area contributed by atoms with Gasteiger partial charge in [-0.05, 0) is 61.4 Å². The second-order valence-corrected chi connectivity index (χ2v) is 7.35. The van der Waals surface area contributed by atoms with Gasteiger partial charge in [0.2, 0.25) is 5.91 Å². The number of azo groups is 1. The molecule has 3 aromatic rings. The Kier molecular flexibility index (Phi) is 6.29. The average molecular weight is 410 g/mol. The minimum absolute atomic E-state index is 0.0334. The van der Waals surface area contributed by atoms with Crippen LogP contribution in [0.25, 0.3) is 0 Å². The van der Waals surface area contributed by atoms with Crippen LogP contribution in [0, 0.1) is 17.2 Å². The molecule has 7 nitrogen and oxygen atoms in total. The van der Waals surface area contributed by atoms with Gasteiger partial charge in [-0.3, -0.25) is 4.79 Å². The van der Waals surface area contributed by atoms with E-state index in [1.165, 1.54) is 0 Å². The van der Waals surface area contributed by atoms with E-state index < -0.39 is 0 Å². The Bertz CT molecular complexity index is 1080. The van der Waals surface area contributed by atoms with Gasteiger partial charge in [0.1, 0.15) is 11.9 Å². The lowest BCUT2D eigenvalue weighted by Crippen LogP contribution is -2.38. The van der Waals surface area contributed by atoms with Crippen LogP contribution < -0.4 is 10.2 Å². The molecule has 1 amide bonds. The molecule has 1 aliphatic rings. The molecule has 2 heterocycles. The van der Waals surface area contributed by atoms with E-state index in [9.17, 15) is 4.79 Å². The summed E-state index contributed by atoms with van der Waals surface area (Å²) in [6, 6.07) is 22.6. The molecule has 7 heteroatoms. The van der Waals surface area contributed by atoms with Crippen molar-refractivity contribution in [3.8, 4) is 6.07 Å². The Morgan fingerprint density at radius 2 is 1.65 bits per heavy atom. The molecule has 0 atom stereocenters. The predicted octanol–water partition coefficient (Wildman–Crippen LogP) is 5.22. The zero-order valence-corrected chi connectivity index (χ0v) is 17.0. The number of hydrogen-bond acceptors (Lipinski definition) is 6. The highest BCUT2D eigenvalue weighted by Crippen LogP contribution is 2.24. The molecule has 1 aromatic heterocycles. The molecular weight excluding hydrogens is 388 g/mol. The smallest absolute Gasteiger partial charge is 0.227 e. The molecule has 1 fully saturated rings. The van der Waals surface area contributed by atoms with Crippen LogP contribution in [0.2, 0.25) is 0 Å². The fourth-order valence-electron chi connectivity index (χ4n) is 3.48. The number of rotatable bonds is 5. The molecule has 4 rings (SSSR count). The van der Waals surface area contributed by atoms with E-state index in [-0.39, 0.29) is 11.8 Å². The number of amides is 1. The summed E-state index contributed by atoms with van der Waals surface area (Å²) >= 11 is 0. The number of pyridine rings is 1. The van der Waals surface area contributed by atoms with Crippen molar-refractivity contribution in [3.05, 3.63) is 78.5 Å².